The number of benzene rings is 2. The lowest BCUT2D eigenvalue weighted by Gasteiger charge is -2.34. The lowest BCUT2D eigenvalue weighted by atomic mass is 9.94. The van der Waals surface area contributed by atoms with E-state index in [9.17, 15) is 14.4 Å². The molecule has 0 saturated carbocycles. The van der Waals surface area contributed by atoms with Crippen molar-refractivity contribution in [3.8, 4) is 22.5 Å². The minimum absolute atomic E-state index is 0.0596. The Bertz CT molecular complexity index is 1640. The molecule has 0 saturated heterocycles. The van der Waals surface area contributed by atoms with Crippen molar-refractivity contribution in [1.82, 2.24) is 30.0 Å². The summed E-state index contributed by atoms with van der Waals surface area (Å²) < 4.78 is 14.4. The minimum Gasteiger partial charge on any atom is -0.465 e. The molecule has 0 aliphatic carbocycles. The maximum Gasteiger partial charge on any atom is 0.320 e. The van der Waals surface area contributed by atoms with E-state index < -0.39 is 17.9 Å². The van der Waals surface area contributed by atoms with Crippen molar-refractivity contribution in [3.05, 3.63) is 75.7 Å². The van der Waals surface area contributed by atoms with Crippen LogP contribution in [0.4, 0.5) is 0 Å². The molecule has 2 unspecified atom stereocenters. The molecule has 1 N–H and O–H groups in total. The highest BCUT2D eigenvalue weighted by atomic mass is 16.6. The molecule has 0 spiro atoms. The van der Waals surface area contributed by atoms with Crippen molar-refractivity contribution in [3.63, 3.8) is 0 Å². The Morgan fingerprint density at radius 3 is 2.27 bits per heavy atom. The van der Waals surface area contributed by atoms with Gasteiger partial charge in [0, 0.05) is 29.3 Å². The predicted molar refractivity (Wildman–Crippen MR) is 170 cm³/mol. The SMILES string of the molecule is CCCCc1c(Cc2ccc(-c3ccccc3-c3nn[nH]n3)cc2)c(=O)n2n1C(C)CCC2CC(C(=O)OCC)C(=O)OCC. The number of carbonyl (C=O) groups is 2. The number of carbonyl (C=O) groups excluding carboxylic acids is 2. The van der Waals surface area contributed by atoms with Gasteiger partial charge in [-0.15, -0.1) is 10.2 Å². The highest BCUT2D eigenvalue weighted by Gasteiger charge is 2.37. The van der Waals surface area contributed by atoms with Crippen LogP contribution in [0.2, 0.25) is 0 Å². The third kappa shape index (κ3) is 6.77. The van der Waals surface area contributed by atoms with Crippen LogP contribution in [0.25, 0.3) is 22.5 Å². The summed E-state index contributed by atoms with van der Waals surface area (Å²) in [6.07, 6.45) is 4.89. The molecule has 0 bridgehead atoms. The number of H-pyrrole nitrogens is 1. The second-order valence-electron chi connectivity index (χ2n) is 11.6. The average molecular weight is 615 g/mol. The monoisotopic (exact) mass is 614 g/mol. The lowest BCUT2D eigenvalue weighted by Crippen LogP contribution is -2.38. The van der Waals surface area contributed by atoms with Crippen molar-refractivity contribution in [2.24, 2.45) is 5.92 Å². The van der Waals surface area contributed by atoms with Crippen LogP contribution in [0.15, 0.2) is 53.3 Å². The van der Waals surface area contributed by atoms with Gasteiger partial charge in [-0.05, 0) is 74.8 Å². The lowest BCUT2D eigenvalue weighted by molar-refractivity contribution is -0.162. The van der Waals surface area contributed by atoms with Crippen LogP contribution in [0.3, 0.4) is 0 Å². The van der Waals surface area contributed by atoms with Crippen LogP contribution in [-0.2, 0) is 31.9 Å². The van der Waals surface area contributed by atoms with Crippen molar-refractivity contribution in [2.45, 2.75) is 84.7 Å². The molecule has 1 aliphatic heterocycles. The van der Waals surface area contributed by atoms with Crippen LogP contribution in [0.5, 0.6) is 0 Å². The number of rotatable bonds is 13. The summed E-state index contributed by atoms with van der Waals surface area (Å²) in [5.41, 5.74) is 5.65. The Labute approximate surface area is 262 Å². The first-order valence-electron chi connectivity index (χ1n) is 16.0. The van der Waals surface area contributed by atoms with Gasteiger partial charge in [0.1, 0.15) is 0 Å². The molecule has 2 aromatic carbocycles. The van der Waals surface area contributed by atoms with Crippen LogP contribution in [0.1, 0.15) is 88.7 Å². The molecule has 11 heteroatoms. The highest BCUT2D eigenvalue weighted by Crippen LogP contribution is 2.35. The normalized spacial score (nSPS) is 16.0. The number of fused-ring (bicyclic) bond motifs is 1. The first-order chi connectivity index (χ1) is 21.9. The molecule has 5 rings (SSSR count). The Hall–Kier alpha value is -4.54. The highest BCUT2D eigenvalue weighted by molar-refractivity contribution is 5.95. The number of aromatic amines is 1. The van der Waals surface area contributed by atoms with Gasteiger partial charge in [-0.2, -0.15) is 5.21 Å². The van der Waals surface area contributed by atoms with Gasteiger partial charge < -0.3 is 9.47 Å². The molecule has 45 heavy (non-hydrogen) atoms. The van der Waals surface area contributed by atoms with E-state index in [1.165, 1.54) is 0 Å². The smallest absolute Gasteiger partial charge is 0.320 e. The number of ether oxygens (including phenoxy) is 2. The fraction of sp³-hybridized carbons (Fsp3) is 0.471. The van der Waals surface area contributed by atoms with Crippen LogP contribution >= 0.6 is 0 Å². The minimum atomic E-state index is -1.08. The first kappa shape index (κ1) is 31.9. The van der Waals surface area contributed by atoms with Crippen molar-refractivity contribution in [2.75, 3.05) is 13.2 Å². The van der Waals surface area contributed by atoms with E-state index in [2.05, 4.69) is 63.4 Å². The molecule has 2 atom stereocenters. The second kappa shape index (κ2) is 14.5. The second-order valence-corrected chi connectivity index (χ2v) is 11.6. The van der Waals surface area contributed by atoms with E-state index in [1.807, 2.05) is 28.9 Å². The number of hydrogen-bond donors (Lipinski definition) is 1. The summed E-state index contributed by atoms with van der Waals surface area (Å²) in [5, 5.41) is 14.5. The molecule has 11 nitrogen and oxygen atoms in total. The molecular weight excluding hydrogens is 572 g/mol. The maximum atomic E-state index is 14.3. The van der Waals surface area contributed by atoms with E-state index in [0.29, 0.717) is 18.7 Å². The van der Waals surface area contributed by atoms with Crippen molar-refractivity contribution < 1.29 is 19.1 Å². The Morgan fingerprint density at radius 2 is 1.64 bits per heavy atom. The average Bonchev–Trinajstić information content (AvgIpc) is 3.68. The molecule has 3 heterocycles. The fourth-order valence-electron chi connectivity index (χ4n) is 6.39. The molecule has 1 aliphatic rings. The zero-order chi connectivity index (χ0) is 31.9. The van der Waals surface area contributed by atoms with Crippen LogP contribution in [-0.4, -0.2) is 55.1 Å². The topological polar surface area (TPSA) is 134 Å². The van der Waals surface area contributed by atoms with E-state index in [0.717, 1.165) is 59.2 Å². The van der Waals surface area contributed by atoms with Gasteiger partial charge in [-0.25, -0.2) is 4.68 Å². The Morgan fingerprint density at radius 1 is 0.956 bits per heavy atom. The van der Waals surface area contributed by atoms with Crippen LogP contribution in [0, 0.1) is 5.92 Å². The summed E-state index contributed by atoms with van der Waals surface area (Å²) in [6.45, 7) is 8.04. The largest absolute Gasteiger partial charge is 0.465 e. The molecule has 4 aromatic rings. The van der Waals surface area contributed by atoms with Gasteiger partial charge in [0.25, 0.3) is 5.56 Å². The molecule has 238 valence electrons. The van der Waals surface area contributed by atoms with Crippen molar-refractivity contribution >= 4 is 11.9 Å². The predicted octanol–water partition coefficient (Wildman–Crippen LogP) is 5.46. The summed E-state index contributed by atoms with van der Waals surface area (Å²) in [6, 6.07) is 15.9. The first-order valence-corrected chi connectivity index (χ1v) is 16.0. The van der Waals surface area contributed by atoms with E-state index in [4.69, 9.17) is 9.47 Å². The van der Waals surface area contributed by atoms with Gasteiger partial charge in [-0.1, -0.05) is 61.9 Å². The number of unbranched alkanes of at least 4 members (excludes halogenated alkanes) is 1. The van der Waals surface area contributed by atoms with E-state index >= 15 is 0 Å². The van der Waals surface area contributed by atoms with Gasteiger partial charge in [0.05, 0.1) is 19.3 Å². The van der Waals surface area contributed by atoms with Crippen molar-refractivity contribution in [1.29, 1.82) is 0 Å². The zero-order valence-electron chi connectivity index (χ0n) is 26.5. The summed E-state index contributed by atoms with van der Waals surface area (Å²) in [5.74, 6) is -1.76. The summed E-state index contributed by atoms with van der Waals surface area (Å²) >= 11 is 0. The van der Waals surface area contributed by atoms with Gasteiger partial charge >= 0.3 is 11.9 Å². The molecule has 0 amide bonds. The molecule has 2 aromatic heterocycles. The van der Waals surface area contributed by atoms with Gasteiger partial charge in [0.2, 0.25) is 5.82 Å². The van der Waals surface area contributed by atoms with E-state index in [-0.39, 0.29) is 37.3 Å². The number of nitrogens with zero attached hydrogens (tertiary/aromatic N) is 5. The quantitative estimate of drug-likeness (QED) is 0.155. The third-order valence-electron chi connectivity index (χ3n) is 8.58. The van der Waals surface area contributed by atoms with E-state index in [1.54, 1.807) is 13.8 Å². The number of hydrogen-bond acceptors (Lipinski definition) is 8. The number of tetrazole rings is 1. The Balaban J connectivity index is 1.49. The summed E-state index contributed by atoms with van der Waals surface area (Å²) in [4.78, 5) is 40.0. The zero-order valence-corrected chi connectivity index (χ0v) is 26.5. The fourth-order valence-corrected chi connectivity index (χ4v) is 6.39. The summed E-state index contributed by atoms with van der Waals surface area (Å²) in [7, 11) is 0. The molecular formula is C34H42N6O5. The maximum absolute atomic E-state index is 14.3. The molecule has 0 fully saturated rings. The standard InChI is InChI=1S/C34H42N6O5/c1-5-8-13-30-28(20-23-15-17-24(18-16-23)26-11-9-10-12-27(26)31-35-37-38-36-31)32(41)40-25(19-14-22(4)39(30)40)21-29(33(42)44-6-2)34(43)45-7-3/h9-12,15-18,22,25,29H,5-8,13-14,19-21H2,1-4H3,(H,35,36,37,38). The Kier molecular flexibility index (Phi) is 10.3. The third-order valence-corrected chi connectivity index (χ3v) is 8.58. The number of esters is 2. The number of aromatic nitrogens is 6. The number of nitrogens with one attached hydrogen (secondary N) is 1. The van der Waals surface area contributed by atoms with Gasteiger partial charge in [0.15, 0.2) is 5.92 Å². The van der Waals surface area contributed by atoms with Gasteiger partial charge in [-0.3, -0.25) is 19.1 Å². The van der Waals surface area contributed by atoms with Crippen LogP contribution < -0.4 is 5.56 Å². The molecule has 0 radical (unpaired) electrons.